The zero-order valence-corrected chi connectivity index (χ0v) is 11.9. The number of ether oxygens (including phenoxy) is 1. The number of anilines is 1. The number of benzene rings is 1. The molecule has 1 aromatic carbocycles. The van der Waals surface area contributed by atoms with Crippen molar-refractivity contribution >= 4 is 17.0 Å². The molecule has 6 nitrogen and oxygen atoms in total. The maximum absolute atomic E-state index is 14.0. The number of nitrogens with two attached hydrogens (primary N) is 1. The highest BCUT2D eigenvalue weighted by Crippen LogP contribution is 2.15. The second-order valence-corrected chi connectivity index (χ2v) is 4.93. The maximum Gasteiger partial charge on any atom is 0.165 e. The van der Waals surface area contributed by atoms with Crippen LogP contribution in [0.4, 0.5) is 10.2 Å². The summed E-state index contributed by atoms with van der Waals surface area (Å²) in [5, 5.41) is 0. The van der Waals surface area contributed by atoms with Crippen molar-refractivity contribution in [3.8, 4) is 0 Å². The van der Waals surface area contributed by atoms with E-state index in [0.717, 1.165) is 5.56 Å². The van der Waals surface area contributed by atoms with Crippen LogP contribution in [0.25, 0.3) is 11.2 Å². The summed E-state index contributed by atoms with van der Waals surface area (Å²) >= 11 is 0. The van der Waals surface area contributed by atoms with E-state index in [-0.39, 0.29) is 13.2 Å². The summed E-state index contributed by atoms with van der Waals surface area (Å²) in [6.07, 6.45) is 1.70. The van der Waals surface area contributed by atoms with Crippen LogP contribution >= 0.6 is 0 Å². The summed E-state index contributed by atoms with van der Waals surface area (Å²) in [5.41, 5.74) is 7.73. The predicted molar refractivity (Wildman–Crippen MR) is 80.7 cm³/mol. The third kappa shape index (κ3) is 3.20. The van der Waals surface area contributed by atoms with E-state index in [1.165, 1.54) is 12.7 Å². The summed E-state index contributed by atoms with van der Waals surface area (Å²) in [6, 6.07) is 9.66. The third-order valence-corrected chi connectivity index (χ3v) is 3.23. The summed E-state index contributed by atoms with van der Waals surface area (Å²) < 4.78 is 21.1. The Morgan fingerprint density at radius 2 is 2.00 bits per heavy atom. The lowest BCUT2D eigenvalue weighted by atomic mass is 10.2. The number of nitrogen functional groups attached to an aromatic ring is 1. The summed E-state index contributed by atoms with van der Waals surface area (Å²) in [7, 11) is 0. The Morgan fingerprint density at radius 3 is 2.82 bits per heavy atom. The second-order valence-electron chi connectivity index (χ2n) is 4.93. The second kappa shape index (κ2) is 6.48. The topological polar surface area (TPSA) is 78.9 Å². The van der Waals surface area contributed by atoms with Crippen molar-refractivity contribution in [2.45, 2.75) is 19.3 Å². The van der Waals surface area contributed by atoms with Crippen LogP contribution in [0.1, 0.15) is 5.56 Å². The van der Waals surface area contributed by atoms with Crippen LogP contribution in [0.5, 0.6) is 0 Å². The lowest BCUT2D eigenvalue weighted by molar-refractivity contribution is 0.0634. The van der Waals surface area contributed by atoms with Crippen LogP contribution in [0, 0.1) is 0 Å². The number of rotatable bonds is 6. The van der Waals surface area contributed by atoms with Crippen molar-refractivity contribution in [3.05, 3.63) is 48.5 Å². The number of hydrogen-bond acceptors (Lipinski definition) is 5. The standard InChI is InChI=1S/C15H16FN5O/c16-12(8-22-7-11-4-2-1-3-5-11)6-21-10-20-13-14(17)18-9-19-15(13)21/h1-5,9-10,12H,6-8H2,(H2,17,18,19). The quantitative estimate of drug-likeness (QED) is 0.753. The molecule has 2 aromatic heterocycles. The van der Waals surface area contributed by atoms with E-state index in [9.17, 15) is 4.39 Å². The minimum Gasteiger partial charge on any atom is -0.382 e. The van der Waals surface area contributed by atoms with E-state index >= 15 is 0 Å². The molecule has 0 amide bonds. The fourth-order valence-corrected chi connectivity index (χ4v) is 2.18. The van der Waals surface area contributed by atoms with Crippen molar-refractivity contribution < 1.29 is 9.13 Å². The van der Waals surface area contributed by atoms with Gasteiger partial charge in [0.15, 0.2) is 11.5 Å². The van der Waals surface area contributed by atoms with Crippen LogP contribution in [-0.2, 0) is 17.9 Å². The van der Waals surface area contributed by atoms with Gasteiger partial charge in [0.05, 0.1) is 26.1 Å². The molecule has 22 heavy (non-hydrogen) atoms. The van der Waals surface area contributed by atoms with E-state index in [1.54, 1.807) is 4.57 Å². The zero-order valence-electron chi connectivity index (χ0n) is 11.9. The van der Waals surface area contributed by atoms with Crippen LogP contribution in [0.15, 0.2) is 43.0 Å². The molecule has 2 N–H and O–H groups in total. The van der Waals surface area contributed by atoms with Gasteiger partial charge in [-0.15, -0.1) is 0 Å². The lowest BCUT2D eigenvalue weighted by Gasteiger charge is -2.10. The monoisotopic (exact) mass is 301 g/mol. The SMILES string of the molecule is Nc1ncnc2c1ncn2CC(F)COCc1ccccc1. The molecule has 7 heteroatoms. The highest BCUT2D eigenvalue weighted by Gasteiger charge is 2.13. The third-order valence-electron chi connectivity index (χ3n) is 3.23. The first kappa shape index (κ1) is 14.4. The Morgan fingerprint density at radius 1 is 1.18 bits per heavy atom. The normalized spacial score (nSPS) is 12.6. The van der Waals surface area contributed by atoms with Gasteiger partial charge in [0.1, 0.15) is 18.0 Å². The van der Waals surface area contributed by atoms with Crippen molar-refractivity contribution in [1.82, 2.24) is 19.5 Å². The molecule has 0 aliphatic carbocycles. The van der Waals surface area contributed by atoms with Gasteiger partial charge in [-0.1, -0.05) is 30.3 Å². The summed E-state index contributed by atoms with van der Waals surface area (Å²) in [6.45, 7) is 0.512. The fourth-order valence-electron chi connectivity index (χ4n) is 2.18. The van der Waals surface area contributed by atoms with E-state index < -0.39 is 6.17 Å². The Hall–Kier alpha value is -2.54. The number of nitrogens with zero attached hydrogens (tertiary/aromatic N) is 4. The van der Waals surface area contributed by atoms with Crippen LogP contribution in [0.3, 0.4) is 0 Å². The molecule has 0 saturated heterocycles. The van der Waals surface area contributed by atoms with Crippen molar-refractivity contribution in [3.63, 3.8) is 0 Å². The Bertz CT molecular complexity index is 746. The van der Waals surface area contributed by atoms with Gasteiger partial charge in [-0.2, -0.15) is 0 Å². The number of alkyl halides is 1. The van der Waals surface area contributed by atoms with Gasteiger partial charge in [0.25, 0.3) is 0 Å². The van der Waals surface area contributed by atoms with E-state index in [1.807, 2.05) is 30.3 Å². The van der Waals surface area contributed by atoms with Crippen molar-refractivity contribution in [1.29, 1.82) is 0 Å². The van der Waals surface area contributed by atoms with Gasteiger partial charge in [0.2, 0.25) is 0 Å². The zero-order chi connectivity index (χ0) is 15.4. The maximum atomic E-state index is 14.0. The van der Waals surface area contributed by atoms with Gasteiger partial charge in [-0.05, 0) is 5.56 Å². The first-order valence-corrected chi connectivity index (χ1v) is 6.91. The van der Waals surface area contributed by atoms with Gasteiger partial charge >= 0.3 is 0 Å². The average molecular weight is 301 g/mol. The predicted octanol–water partition coefficient (Wildman–Crippen LogP) is 1.96. The van der Waals surface area contributed by atoms with Gasteiger partial charge < -0.3 is 15.0 Å². The molecule has 0 fully saturated rings. The fraction of sp³-hybridized carbons (Fsp3) is 0.267. The number of fused-ring (bicyclic) bond motifs is 1. The van der Waals surface area contributed by atoms with Gasteiger partial charge in [-0.3, -0.25) is 0 Å². The smallest absolute Gasteiger partial charge is 0.165 e. The van der Waals surface area contributed by atoms with E-state index in [0.29, 0.717) is 23.6 Å². The molecule has 0 radical (unpaired) electrons. The summed E-state index contributed by atoms with van der Waals surface area (Å²) in [4.78, 5) is 12.0. The minimum atomic E-state index is -1.16. The first-order valence-electron chi connectivity index (χ1n) is 6.91. The van der Waals surface area contributed by atoms with Crippen LogP contribution in [-0.4, -0.2) is 32.3 Å². The molecular formula is C15H16FN5O. The molecule has 3 aromatic rings. The van der Waals surface area contributed by atoms with E-state index in [4.69, 9.17) is 10.5 Å². The Kier molecular flexibility index (Phi) is 4.24. The molecule has 114 valence electrons. The number of aromatic nitrogens is 4. The average Bonchev–Trinajstić information content (AvgIpc) is 2.93. The minimum absolute atomic E-state index is 0.00906. The van der Waals surface area contributed by atoms with Crippen molar-refractivity contribution in [2.24, 2.45) is 0 Å². The first-order chi connectivity index (χ1) is 10.7. The molecule has 1 unspecified atom stereocenters. The van der Waals surface area contributed by atoms with Crippen LogP contribution in [0.2, 0.25) is 0 Å². The molecule has 0 spiro atoms. The molecule has 0 aliphatic heterocycles. The van der Waals surface area contributed by atoms with Crippen molar-refractivity contribution in [2.75, 3.05) is 12.3 Å². The van der Waals surface area contributed by atoms with Gasteiger partial charge in [0, 0.05) is 0 Å². The van der Waals surface area contributed by atoms with Crippen LogP contribution < -0.4 is 5.73 Å². The molecule has 3 rings (SSSR count). The molecule has 0 aliphatic rings. The Balaban J connectivity index is 1.57. The summed E-state index contributed by atoms with van der Waals surface area (Å²) in [5.74, 6) is 0.291. The molecule has 0 saturated carbocycles. The van der Waals surface area contributed by atoms with Gasteiger partial charge in [-0.25, -0.2) is 19.3 Å². The number of hydrogen-bond donors (Lipinski definition) is 1. The number of imidazole rings is 1. The highest BCUT2D eigenvalue weighted by molar-refractivity contribution is 5.81. The Labute approximate surface area is 126 Å². The molecule has 2 heterocycles. The highest BCUT2D eigenvalue weighted by atomic mass is 19.1. The molecule has 1 atom stereocenters. The largest absolute Gasteiger partial charge is 0.382 e. The van der Waals surface area contributed by atoms with E-state index in [2.05, 4.69) is 15.0 Å². The number of halogens is 1. The molecular weight excluding hydrogens is 285 g/mol. The lowest BCUT2D eigenvalue weighted by Crippen LogP contribution is -2.17. The molecule has 0 bridgehead atoms.